The summed E-state index contributed by atoms with van der Waals surface area (Å²) in [5.41, 5.74) is 4.32. The minimum atomic E-state index is -4.65. The van der Waals surface area contributed by atoms with Gasteiger partial charge in [-0.25, -0.2) is 4.39 Å². The van der Waals surface area contributed by atoms with Gasteiger partial charge in [0.2, 0.25) is 0 Å². The van der Waals surface area contributed by atoms with Gasteiger partial charge in [0.1, 0.15) is 5.82 Å². The molecule has 1 aromatic carbocycles. The third kappa shape index (κ3) is 3.49. The van der Waals surface area contributed by atoms with Gasteiger partial charge in [0, 0.05) is 5.56 Å². The SMILES string of the molecule is N[C@H](c1cc(C(F)(F)F)cc(Cl)c1F)[C@@H](O)C1CCCC1. The van der Waals surface area contributed by atoms with Crippen LogP contribution in [0.5, 0.6) is 0 Å². The van der Waals surface area contributed by atoms with Crippen LogP contribution in [0.25, 0.3) is 0 Å². The number of rotatable bonds is 3. The normalized spacial score (nSPS) is 19.8. The molecule has 1 aliphatic rings. The fraction of sp³-hybridized carbons (Fsp3) is 0.571. The van der Waals surface area contributed by atoms with Crippen LogP contribution in [0.1, 0.15) is 42.9 Å². The smallest absolute Gasteiger partial charge is 0.391 e. The monoisotopic (exact) mass is 325 g/mol. The molecule has 0 amide bonds. The third-order valence-electron chi connectivity index (χ3n) is 3.99. The summed E-state index contributed by atoms with van der Waals surface area (Å²) in [4.78, 5) is 0. The Morgan fingerprint density at radius 1 is 1.24 bits per heavy atom. The predicted octanol–water partition coefficient (Wildman–Crippen LogP) is 4.05. The molecule has 3 N–H and O–H groups in total. The van der Waals surface area contributed by atoms with E-state index in [-0.39, 0.29) is 5.92 Å². The average molecular weight is 326 g/mol. The molecule has 0 bridgehead atoms. The van der Waals surface area contributed by atoms with Crippen molar-refractivity contribution in [2.45, 2.75) is 44.0 Å². The highest BCUT2D eigenvalue weighted by Gasteiger charge is 2.35. The molecule has 0 heterocycles. The maximum Gasteiger partial charge on any atom is 0.416 e. The first-order valence-corrected chi connectivity index (χ1v) is 7.09. The molecule has 0 saturated heterocycles. The van der Waals surface area contributed by atoms with Gasteiger partial charge < -0.3 is 10.8 Å². The second-order valence-corrected chi connectivity index (χ2v) is 5.83. The quantitative estimate of drug-likeness (QED) is 0.824. The van der Waals surface area contributed by atoms with Crippen molar-refractivity contribution < 1.29 is 22.7 Å². The van der Waals surface area contributed by atoms with E-state index in [4.69, 9.17) is 17.3 Å². The number of nitrogens with two attached hydrogens (primary N) is 1. The fourth-order valence-corrected chi connectivity index (χ4v) is 3.02. The van der Waals surface area contributed by atoms with Crippen molar-refractivity contribution >= 4 is 11.6 Å². The third-order valence-corrected chi connectivity index (χ3v) is 4.27. The van der Waals surface area contributed by atoms with Gasteiger partial charge in [0.25, 0.3) is 0 Å². The van der Waals surface area contributed by atoms with Gasteiger partial charge in [-0.15, -0.1) is 0 Å². The van der Waals surface area contributed by atoms with Gasteiger partial charge in [0.15, 0.2) is 0 Å². The number of hydrogen-bond acceptors (Lipinski definition) is 2. The van der Waals surface area contributed by atoms with Crippen LogP contribution in [0, 0.1) is 11.7 Å². The van der Waals surface area contributed by atoms with Gasteiger partial charge in [-0.3, -0.25) is 0 Å². The van der Waals surface area contributed by atoms with E-state index in [9.17, 15) is 22.7 Å². The van der Waals surface area contributed by atoms with Crippen LogP contribution in [0.3, 0.4) is 0 Å². The Bertz CT molecular complexity index is 514. The summed E-state index contributed by atoms with van der Waals surface area (Å²) < 4.78 is 52.3. The van der Waals surface area contributed by atoms with Crippen molar-refractivity contribution in [3.8, 4) is 0 Å². The first-order valence-electron chi connectivity index (χ1n) is 6.71. The van der Waals surface area contributed by atoms with Crippen molar-refractivity contribution in [3.63, 3.8) is 0 Å². The molecule has 2 nitrogen and oxygen atoms in total. The molecule has 0 aliphatic heterocycles. The molecule has 2 atom stereocenters. The number of aliphatic hydroxyl groups is 1. The second kappa shape index (κ2) is 6.10. The van der Waals surface area contributed by atoms with Gasteiger partial charge in [-0.2, -0.15) is 13.2 Å². The van der Waals surface area contributed by atoms with Crippen molar-refractivity contribution in [1.29, 1.82) is 0 Å². The minimum Gasteiger partial charge on any atom is -0.391 e. The number of aliphatic hydroxyl groups excluding tert-OH is 1. The molecule has 1 aliphatic carbocycles. The van der Waals surface area contributed by atoms with Crippen LogP contribution in [-0.4, -0.2) is 11.2 Å². The van der Waals surface area contributed by atoms with Crippen molar-refractivity contribution in [2.75, 3.05) is 0 Å². The molecule has 0 aromatic heterocycles. The van der Waals surface area contributed by atoms with Crippen LogP contribution < -0.4 is 5.73 Å². The van der Waals surface area contributed by atoms with E-state index in [0.717, 1.165) is 25.7 Å². The Kier molecular flexibility index (Phi) is 4.80. The molecule has 2 rings (SSSR count). The van der Waals surface area contributed by atoms with E-state index >= 15 is 0 Å². The molecule has 118 valence electrons. The summed E-state index contributed by atoms with van der Waals surface area (Å²) in [5, 5.41) is 9.52. The molecule has 1 fully saturated rings. The Balaban J connectivity index is 2.35. The highest BCUT2D eigenvalue weighted by molar-refractivity contribution is 6.30. The first kappa shape index (κ1) is 16.5. The van der Waals surface area contributed by atoms with Gasteiger partial charge in [0.05, 0.1) is 22.7 Å². The van der Waals surface area contributed by atoms with E-state index in [1.807, 2.05) is 0 Å². The van der Waals surface area contributed by atoms with Crippen molar-refractivity contribution in [3.05, 3.63) is 34.1 Å². The molecule has 0 unspecified atom stereocenters. The van der Waals surface area contributed by atoms with Crippen molar-refractivity contribution in [2.24, 2.45) is 11.7 Å². The second-order valence-electron chi connectivity index (χ2n) is 5.42. The van der Waals surface area contributed by atoms with E-state index in [2.05, 4.69) is 0 Å². The standard InChI is InChI=1S/C14H16ClF4NO/c15-10-6-8(14(17,18)19)5-9(11(10)16)12(20)13(21)7-3-1-2-4-7/h5-7,12-13,21H,1-4,20H2/t12-,13+/m1/s1. The summed E-state index contributed by atoms with van der Waals surface area (Å²) in [6.45, 7) is 0. The molecule has 1 aromatic rings. The Hall–Kier alpha value is -0.850. The summed E-state index contributed by atoms with van der Waals surface area (Å²) in [6.07, 6.45) is -2.39. The van der Waals surface area contributed by atoms with E-state index in [0.29, 0.717) is 12.1 Å². The molecular formula is C14H16ClF4NO. The molecular weight excluding hydrogens is 310 g/mol. The van der Waals surface area contributed by atoms with Crippen LogP contribution in [0.2, 0.25) is 5.02 Å². The van der Waals surface area contributed by atoms with Crippen LogP contribution >= 0.6 is 11.6 Å². The Morgan fingerprint density at radius 3 is 2.33 bits per heavy atom. The molecule has 7 heteroatoms. The summed E-state index contributed by atoms with van der Waals surface area (Å²) in [6, 6.07) is -0.0769. The highest BCUT2D eigenvalue weighted by atomic mass is 35.5. The Morgan fingerprint density at radius 2 is 1.81 bits per heavy atom. The first-order chi connectivity index (χ1) is 9.71. The number of hydrogen-bond donors (Lipinski definition) is 2. The predicted molar refractivity (Wildman–Crippen MR) is 71.3 cm³/mol. The zero-order valence-electron chi connectivity index (χ0n) is 11.1. The maximum absolute atomic E-state index is 14.0. The highest BCUT2D eigenvalue weighted by Crippen LogP contribution is 2.38. The lowest BCUT2D eigenvalue weighted by atomic mass is 9.90. The van der Waals surface area contributed by atoms with E-state index in [1.165, 1.54) is 0 Å². The van der Waals surface area contributed by atoms with E-state index in [1.54, 1.807) is 0 Å². The lowest BCUT2D eigenvalue weighted by Gasteiger charge is -2.25. The number of benzene rings is 1. The Labute approximate surface area is 124 Å². The zero-order chi connectivity index (χ0) is 15.8. The van der Waals surface area contributed by atoms with Crippen LogP contribution in [0.15, 0.2) is 12.1 Å². The summed E-state index contributed by atoms with van der Waals surface area (Å²) in [5.74, 6) is -1.12. The fourth-order valence-electron chi connectivity index (χ4n) is 2.79. The minimum absolute atomic E-state index is 0.118. The number of halogens is 5. The molecule has 1 saturated carbocycles. The lowest BCUT2D eigenvalue weighted by Crippen LogP contribution is -2.33. The number of alkyl halides is 3. The zero-order valence-corrected chi connectivity index (χ0v) is 11.9. The molecule has 21 heavy (non-hydrogen) atoms. The summed E-state index contributed by atoms with van der Waals surface area (Å²) in [7, 11) is 0. The van der Waals surface area contributed by atoms with Crippen LogP contribution in [0.4, 0.5) is 17.6 Å². The largest absolute Gasteiger partial charge is 0.416 e. The average Bonchev–Trinajstić information content (AvgIpc) is 2.92. The van der Waals surface area contributed by atoms with Gasteiger partial charge in [-0.1, -0.05) is 24.4 Å². The van der Waals surface area contributed by atoms with Gasteiger partial charge >= 0.3 is 6.18 Å². The summed E-state index contributed by atoms with van der Waals surface area (Å²) >= 11 is 5.52. The van der Waals surface area contributed by atoms with Crippen molar-refractivity contribution in [1.82, 2.24) is 0 Å². The maximum atomic E-state index is 14.0. The topological polar surface area (TPSA) is 46.2 Å². The van der Waals surface area contributed by atoms with Gasteiger partial charge in [-0.05, 0) is 30.9 Å². The molecule has 0 spiro atoms. The van der Waals surface area contributed by atoms with Crippen LogP contribution in [-0.2, 0) is 6.18 Å². The lowest BCUT2D eigenvalue weighted by molar-refractivity contribution is -0.137. The molecule has 0 radical (unpaired) electrons. The van der Waals surface area contributed by atoms with E-state index < -0.39 is 40.3 Å².